The number of nitrogens with one attached hydrogen (secondary N) is 1. The van der Waals surface area contributed by atoms with E-state index >= 15 is 0 Å². The lowest BCUT2D eigenvalue weighted by Gasteiger charge is -1.96. The van der Waals surface area contributed by atoms with Gasteiger partial charge < -0.3 is 5.32 Å². The molecule has 14 heavy (non-hydrogen) atoms. The minimum Gasteiger partial charge on any atom is -0.307 e. The number of hydrogen-bond donors (Lipinski definition) is 1. The third-order valence-electron chi connectivity index (χ3n) is 2.07. The van der Waals surface area contributed by atoms with Crippen LogP contribution in [0.15, 0.2) is 6.20 Å². The molecule has 0 atom stereocenters. The number of rotatable bonds is 4. The fourth-order valence-corrected chi connectivity index (χ4v) is 1.25. The molecule has 1 heterocycles. The van der Waals surface area contributed by atoms with Gasteiger partial charge in [-0.15, -0.1) is 16.7 Å². The van der Waals surface area contributed by atoms with Crippen LogP contribution in [0.3, 0.4) is 0 Å². The standard InChI is InChI=1S/C8H11ClN4O/c9-3-8(14)10-7-5-13(12-11-7)4-6-1-2-6/h5-6H,1-4H2,(H,10,14). The van der Waals surface area contributed by atoms with Gasteiger partial charge in [-0.25, -0.2) is 0 Å². The number of halogens is 1. The van der Waals surface area contributed by atoms with Gasteiger partial charge in [0.2, 0.25) is 5.91 Å². The van der Waals surface area contributed by atoms with Crippen LogP contribution in [0.25, 0.3) is 0 Å². The molecule has 0 aromatic carbocycles. The minimum atomic E-state index is -0.259. The molecule has 0 aliphatic heterocycles. The van der Waals surface area contributed by atoms with E-state index in [4.69, 9.17) is 11.6 Å². The van der Waals surface area contributed by atoms with E-state index in [9.17, 15) is 4.79 Å². The third-order valence-corrected chi connectivity index (χ3v) is 2.31. The number of alkyl halides is 1. The van der Waals surface area contributed by atoms with E-state index in [0.29, 0.717) is 5.82 Å². The molecule has 1 saturated carbocycles. The summed E-state index contributed by atoms with van der Waals surface area (Å²) in [5, 5.41) is 10.2. The van der Waals surface area contributed by atoms with Gasteiger partial charge in [0, 0.05) is 6.54 Å². The molecule has 1 aromatic rings. The van der Waals surface area contributed by atoms with Crippen molar-refractivity contribution in [3.8, 4) is 0 Å². The molecule has 1 N–H and O–H groups in total. The first kappa shape index (κ1) is 9.45. The average Bonchev–Trinajstić information content (AvgIpc) is 2.87. The van der Waals surface area contributed by atoms with Crippen LogP contribution in [0.2, 0.25) is 0 Å². The molecule has 0 spiro atoms. The van der Waals surface area contributed by atoms with Crippen LogP contribution < -0.4 is 5.32 Å². The van der Waals surface area contributed by atoms with Gasteiger partial charge in [0.25, 0.3) is 0 Å². The second-order valence-electron chi connectivity index (χ2n) is 3.45. The van der Waals surface area contributed by atoms with Crippen molar-refractivity contribution in [2.75, 3.05) is 11.2 Å². The first-order chi connectivity index (χ1) is 6.78. The molecule has 76 valence electrons. The number of anilines is 1. The fraction of sp³-hybridized carbons (Fsp3) is 0.625. The molecule has 1 aliphatic rings. The van der Waals surface area contributed by atoms with Crippen LogP contribution in [-0.4, -0.2) is 26.8 Å². The maximum Gasteiger partial charge on any atom is 0.240 e. The maximum atomic E-state index is 10.9. The number of aromatic nitrogens is 3. The van der Waals surface area contributed by atoms with Gasteiger partial charge >= 0.3 is 0 Å². The Morgan fingerprint density at radius 3 is 3.14 bits per heavy atom. The van der Waals surface area contributed by atoms with E-state index in [0.717, 1.165) is 12.5 Å². The Balaban J connectivity index is 1.91. The van der Waals surface area contributed by atoms with Crippen molar-refractivity contribution in [2.24, 2.45) is 5.92 Å². The summed E-state index contributed by atoms with van der Waals surface area (Å²) in [6.07, 6.45) is 4.26. The van der Waals surface area contributed by atoms with E-state index in [-0.39, 0.29) is 11.8 Å². The minimum absolute atomic E-state index is 0.0600. The molecule has 1 amide bonds. The Morgan fingerprint density at radius 2 is 2.50 bits per heavy atom. The van der Waals surface area contributed by atoms with Gasteiger partial charge in [-0.3, -0.25) is 9.48 Å². The molecule has 2 rings (SSSR count). The van der Waals surface area contributed by atoms with E-state index in [1.54, 1.807) is 10.9 Å². The van der Waals surface area contributed by atoms with Crippen LogP contribution in [-0.2, 0) is 11.3 Å². The van der Waals surface area contributed by atoms with Crippen LogP contribution in [0.4, 0.5) is 5.82 Å². The summed E-state index contributed by atoms with van der Waals surface area (Å²) in [6.45, 7) is 0.893. The molecule has 0 radical (unpaired) electrons. The topological polar surface area (TPSA) is 59.8 Å². The summed E-state index contributed by atoms with van der Waals surface area (Å²) in [6, 6.07) is 0. The predicted octanol–water partition coefficient (Wildman–Crippen LogP) is 0.865. The average molecular weight is 215 g/mol. The van der Waals surface area contributed by atoms with E-state index in [1.807, 2.05) is 0 Å². The maximum absolute atomic E-state index is 10.9. The Morgan fingerprint density at radius 1 is 1.71 bits per heavy atom. The number of hydrogen-bond acceptors (Lipinski definition) is 3. The summed E-state index contributed by atoms with van der Waals surface area (Å²) in [4.78, 5) is 10.9. The molecular formula is C8H11ClN4O. The van der Waals surface area contributed by atoms with Gasteiger partial charge in [0.15, 0.2) is 5.82 Å². The van der Waals surface area contributed by atoms with E-state index in [1.165, 1.54) is 12.8 Å². The van der Waals surface area contributed by atoms with Gasteiger partial charge in [0.05, 0.1) is 6.20 Å². The summed E-state index contributed by atoms with van der Waals surface area (Å²) in [7, 11) is 0. The van der Waals surface area contributed by atoms with Crippen LogP contribution in [0.5, 0.6) is 0 Å². The zero-order valence-corrected chi connectivity index (χ0v) is 8.37. The lowest BCUT2D eigenvalue weighted by atomic mass is 10.4. The highest BCUT2D eigenvalue weighted by Gasteiger charge is 2.22. The smallest absolute Gasteiger partial charge is 0.240 e. The molecule has 1 aromatic heterocycles. The highest BCUT2D eigenvalue weighted by molar-refractivity contribution is 6.28. The summed E-state index contributed by atoms with van der Waals surface area (Å²) in [5.41, 5.74) is 0. The van der Waals surface area contributed by atoms with Crippen LogP contribution in [0, 0.1) is 5.92 Å². The SMILES string of the molecule is O=C(CCl)Nc1cn(CC2CC2)nn1. The molecular weight excluding hydrogens is 204 g/mol. The highest BCUT2D eigenvalue weighted by atomic mass is 35.5. The van der Waals surface area contributed by atoms with Crippen molar-refractivity contribution in [3.05, 3.63) is 6.20 Å². The molecule has 0 saturated heterocycles. The first-order valence-electron chi connectivity index (χ1n) is 4.54. The van der Waals surface area contributed by atoms with E-state index in [2.05, 4.69) is 15.6 Å². The zero-order valence-electron chi connectivity index (χ0n) is 7.61. The normalized spacial score (nSPS) is 15.5. The highest BCUT2D eigenvalue weighted by Crippen LogP contribution is 2.30. The Bertz CT molecular complexity index is 334. The molecule has 1 fully saturated rings. The van der Waals surface area contributed by atoms with Crippen molar-refractivity contribution in [1.82, 2.24) is 15.0 Å². The van der Waals surface area contributed by atoms with Gasteiger partial charge in [-0.2, -0.15) is 0 Å². The fourth-order valence-electron chi connectivity index (χ4n) is 1.19. The predicted molar refractivity (Wildman–Crippen MR) is 52.1 cm³/mol. The third kappa shape index (κ3) is 2.45. The summed E-state index contributed by atoms with van der Waals surface area (Å²) < 4.78 is 1.75. The monoisotopic (exact) mass is 214 g/mol. The van der Waals surface area contributed by atoms with Crippen LogP contribution in [0.1, 0.15) is 12.8 Å². The summed E-state index contributed by atoms with van der Waals surface area (Å²) >= 11 is 5.34. The number of amides is 1. The van der Waals surface area contributed by atoms with Crippen molar-refractivity contribution in [3.63, 3.8) is 0 Å². The largest absolute Gasteiger partial charge is 0.307 e. The molecule has 0 bridgehead atoms. The Labute approximate surface area is 86.4 Å². The molecule has 6 heteroatoms. The molecule has 1 aliphatic carbocycles. The van der Waals surface area contributed by atoms with Crippen molar-refractivity contribution in [2.45, 2.75) is 19.4 Å². The number of carbonyl (C=O) groups is 1. The quantitative estimate of drug-likeness (QED) is 0.757. The molecule has 5 nitrogen and oxygen atoms in total. The second kappa shape index (κ2) is 3.96. The molecule has 0 unspecified atom stereocenters. The van der Waals surface area contributed by atoms with E-state index < -0.39 is 0 Å². The lowest BCUT2D eigenvalue weighted by Crippen LogP contribution is -2.12. The van der Waals surface area contributed by atoms with Crippen molar-refractivity contribution < 1.29 is 4.79 Å². The summed E-state index contributed by atoms with van der Waals surface area (Å²) in [5.74, 6) is 0.893. The number of carbonyl (C=O) groups excluding carboxylic acids is 1. The van der Waals surface area contributed by atoms with Gasteiger partial charge in [-0.1, -0.05) is 5.21 Å². The lowest BCUT2D eigenvalue weighted by molar-refractivity contribution is -0.113. The van der Waals surface area contributed by atoms with Crippen molar-refractivity contribution >= 4 is 23.3 Å². The Kier molecular flexibility index (Phi) is 2.67. The van der Waals surface area contributed by atoms with Crippen LogP contribution >= 0.6 is 11.6 Å². The zero-order chi connectivity index (χ0) is 9.97. The van der Waals surface area contributed by atoms with Gasteiger partial charge in [-0.05, 0) is 18.8 Å². The Hall–Kier alpha value is -1.10. The number of nitrogens with zero attached hydrogens (tertiary/aromatic N) is 3. The van der Waals surface area contributed by atoms with Crippen molar-refractivity contribution in [1.29, 1.82) is 0 Å². The van der Waals surface area contributed by atoms with Gasteiger partial charge in [0.1, 0.15) is 5.88 Å². The second-order valence-corrected chi connectivity index (χ2v) is 3.72. The first-order valence-corrected chi connectivity index (χ1v) is 5.07.